The zero-order valence-electron chi connectivity index (χ0n) is 12.9. The third-order valence-corrected chi connectivity index (χ3v) is 3.81. The molecule has 1 heterocycles. The number of aromatic amines is 1. The quantitative estimate of drug-likeness (QED) is 0.543. The predicted molar refractivity (Wildman–Crippen MR) is 98.4 cm³/mol. The fraction of sp³-hybridized carbons (Fsp3) is 0.267. The molecule has 2 N–H and O–H groups in total. The number of nitrogens with zero attached hydrogens (tertiary/aromatic N) is 2. The standard InChI is InChI=1S/C15H16Br2N4O2/c1-8(2)23-14-11(16)5-10(6-12(14)17)7-18-21-15-19-9(3)4-13(22)20-15/h4-8H,1-3H3,(H2,19,20,21,22)/b18-7-. The van der Waals surface area contributed by atoms with Crippen LogP contribution in [0.3, 0.4) is 0 Å². The number of ether oxygens (including phenoxy) is 1. The molecule has 0 fully saturated rings. The molecule has 0 spiro atoms. The summed E-state index contributed by atoms with van der Waals surface area (Å²) < 4.78 is 7.37. The summed E-state index contributed by atoms with van der Waals surface area (Å²) in [6.07, 6.45) is 1.70. The molecule has 0 aliphatic heterocycles. The summed E-state index contributed by atoms with van der Waals surface area (Å²) in [6, 6.07) is 5.19. The number of hydrogen-bond donors (Lipinski definition) is 2. The third kappa shape index (κ3) is 5.18. The van der Waals surface area contributed by atoms with E-state index >= 15 is 0 Å². The van der Waals surface area contributed by atoms with Crippen LogP contribution in [0, 0.1) is 6.92 Å². The molecule has 0 unspecified atom stereocenters. The highest BCUT2D eigenvalue weighted by Gasteiger charge is 2.09. The molecule has 8 heteroatoms. The van der Waals surface area contributed by atoms with E-state index in [1.165, 1.54) is 6.07 Å². The van der Waals surface area contributed by atoms with Crippen LogP contribution < -0.4 is 15.7 Å². The minimum Gasteiger partial charge on any atom is -0.489 e. The zero-order valence-corrected chi connectivity index (χ0v) is 16.0. The molecule has 0 saturated heterocycles. The van der Waals surface area contributed by atoms with Crippen molar-refractivity contribution in [1.82, 2.24) is 9.97 Å². The zero-order chi connectivity index (χ0) is 17.0. The van der Waals surface area contributed by atoms with Crippen LogP contribution in [0.1, 0.15) is 25.1 Å². The summed E-state index contributed by atoms with van der Waals surface area (Å²) in [6.45, 7) is 5.67. The Hall–Kier alpha value is -1.67. The van der Waals surface area contributed by atoms with Crippen LogP contribution in [0.15, 0.2) is 37.0 Å². The molecule has 1 aromatic heterocycles. The lowest BCUT2D eigenvalue weighted by molar-refractivity contribution is 0.239. The van der Waals surface area contributed by atoms with E-state index in [0.29, 0.717) is 11.6 Å². The summed E-state index contributed by atoms with van der Waals surface area (Å²) in [5.41, 5.74) is 3.94. The Kier molecular flexibility index (Phi) is 5.95. The maximum Gasteiger partial charge on any atom is 0.252 e. The van der Waals surface area contributed by atoms with Crippen molar-refractivity contribution < 1.29 is 4.74 Å². The minimum atomic E-state index is -0.226. The van der Waals surface area contributed by atoms with Crippen molar-refractivity contribution in [2.45, 2.75) is 26.9 Å². The number of hydrogen-bond acceptors (Lipinski definition) is 5. The highest BCUT2D eigenvalue weighted by Crippen LogP contribution is 2.35. The average Bonchev–Trinajstić information content (AvgIpc) is 2.41. The molecule has 122 valence electrons. The number of nitrogens with one attached hydrogen (secondary N) is 2. The molecule has 0 saturated carbocycles. The molecule has 23 heavy (non-hydrogen) atoms. The summed E-state index contributed by atoms with van der Waals surface area (Å²) in [5.74, 6) is 1.04. The summed E-state index contributed by atoms with van der Waals surface area (Å²) in [5, 5.41) is 4.08. The lowest BCUT2D eigenvalue weighted by Crippen LogP contribution is -2.10. The summed E-state index contributed by atoms with van der Waals surface area (Å²) >= 11 is 6.97. The first-order valence-corrected chi connectivity index (χ1v) is 8.46. The largest absolute Gasteiger partial charge is 0.489 e. The third-order valence-electron chi connectivity index (χ3n) is 2.63. The molecule has 0 amide bonds. The van der Waals surface area contributed by atoms with Gasteiger partial charge in [0.05, 0.1) is 21.3 Å². The number of hydrazone groups is 1. The van der Waals surface area contributed by atoms with Gasteiger partial charge in [0.15, 0.2) is 0 Å². The van der Waals surface area contributed by atoms with Crippen molar-refractivity contribution in [2.75, 3.05) is 5.43 Å². The van der Waals surface area contributed by atoms with E-state index in [2.05, 4.69) is 52.4 Å². The molecule has 0 bridgehead atoms. The molecule has 0 atom stereocenters. The number of rotatable bonds is 5. The number of anilines is 1. The summed E-state index contributed by atoms with van der Waals surface area (Å²) in [4.78, 5) is 18.0. The first-order valence-electron chi connectivity index (χ1n) is 6.88. The van der Waals surface area contributed by atoms with Crippen LogP contribution in [-0.4, -0.2) is 22.3 Å². The van der Waals surface area contributed by atoms with Crippen molar-refractivity contribution in [3.63, 3.8) is 0 Å². The van der Waals surface area contributed by atoms with Crippen molar-refractivity contribution in [3.8, 4) is 5.75 Å². The van der Waals surface area contributed by atoms with Crippen molar-refractivity contribution in [3.05, 3.63) is 48.8 Å². The Labute approximate surface area is 150 Å². The van der Waals surface area contributed by atoms with Crippen molar-refractivity contribution in [2.24, 2.45) is 5.10 Å². The number of benzene rings is 1. The smallest absolute Gasteiger partial charge is 0.252 e. The first-order chi connectivity index (χ1) is 10.8. The number of halogens is 2. The van der Waals surface area contributed by atoms with Gasteiger partial charge in [0.1, 0.15) is 5.75 Å². The number of H-pyrrole nitrogens is 1. The number of aromatic nitrogens is 2. The Morgan fingerprint density at radius 1 is 1.30 bits per heavy atom. The minimum absolute atomic E-state index is 0.0769. The SMILES string of the molecule is Cc1cc(=O)[nH]c(N/N=C\c2cc(Br)c(OC(C)C)c(Br)c2)n1. The second kappa shape index (κ2) is 7.74. The van der Waals surface area contributed by atoms with E-state index in [-0.39, 0.29) is 11.7 Å². The van der Waals surface area contributed by atoms with E-state index in [0.717, 1.165) is 20.3 Å². The van der Waals surface area contributed by atoms with Gasteiger partial charge in [-0.15, -0.1) is 0 Å². The molecule has 0 aliphatic carbocycles. The number of aryl methyl sites for hydroxylation is 1. The molecular weight excluding hydrogens is 428 g/mol. The Morgan fingerprint density at radius 3 is 2.52 bits per heavy atom. The van der Waals surface area contributed by atoms with Crippen LogP contribution in [0.4, 0.5) is 5.95 Å². The molecule has 0 aliphatic rings. The molecular formula is C15H16Br2N4O2. The van der Waals surface area contributed by atoms with Crippen LogP contribution in [0.2, 0.25) is 0 Å². The van der Waals surface area contributed by atoms with E-state index in [1.54, 1.807) is 13.1 Å². The monoisotopic (exact) mass is 442 g/mol. The van der Waals surface area contributed by atoms with Crippen LogP contribution in [0.25, 0.3) is 0 Å². The van der Waals surface area contributed by atoms with Gasteiger partial charge in [-0.3, -0.25) is 9.78 Å². The first kappa shape index (κ1) is 17.7. The van der Waals surface area contributed by atoms with Gasteiger partial charge in [0, 0.05) is 11.8 Å². The predicted octanol–water partition coefficient (Wildman–Crippen LogP) is 3.84. The molecule has 2 rings (SSSR count). The molecule has 6 nitrogen and oxygen atoms in total. The van der Waals surface area contributed by atoms with E-state index in [9.17, 15) is 4.79 Å². The van der Waals surface area contributed by atoms with E-state index in [4.69, 9.17) is 4.74 Å². The van der Waals surface area contributed by atoms with E-state index in [1.807, 2.05) is 26.0 Å². The summed E-state index contributed by atoms with van der Waals surface area (Å²) in [7, 11) is 0. The fourth-order valence-corrected chi connectivity index (χ4v) is 3.21. The molecule has 2 aromatic rings. The maximum absolute atomic E-state index is 11.3. The Morgan fingerprint density at radius 2 is 1.96 bits per heavy atom. The Bertz CT molecular complexity index is 764. The lowest BCUT2D eigenvalue weighted by Gasteiger charge is -2.13. The van der Waals surface area contributed by atoms with E-state index < -0.39 is 0 Å². The lowest BCUT2D eigenvalue weighted by atomic mass is 10.2. The fourth-order valence-electron chi connectivity index (χ4n) is 1.80. The van der Waals surface area contributed by atoms with Crippen molar-refractivity contribution >= 4 is 44.0 Å². The van der Waals surface area contributed by atoms with Gasteiger partial charge >= 0.3 is 0 Å². The molecule has 0 radical (unpaired) electrons. The van der Waals surface area contributed by atoms with Crippen LogP contribution >= 0.6 is 31.9 Å². The van der Waals surface area contributed by atoms with Gasteiger partial charge in [0.2, 0.25) is 5.95 Å². The van der Waals surface area contributed by atoms with Crippen LogP contribution in [0.5, 0.6) is 5.75 Å². The highest BCUT2D eigenvalue weighted by atomic mass is 79.9. The molecule has 1 aromatic carbocycles. The van der Waals surface area contributed by atoms with Gasteiger partial charge < -0.3 is 4.74 Å². The maximum atomic E-state index is 11.3. The normalized spacial score (nSPS) is 11.2. The van der Waals surface area contributed by atoms with Crippen molar-refractivity contribution in [1.29, 1.82) is 0 Å². The average molecular weight is 444 g/mol. The Balaban J connectivity index is 2.15. The van der Waals surface area contributed by atoms with Crippen LogP contribution in [-0.2, 0) is 0 Å². The highest BCUT2D eigenvalue weighted by molar-refractivity contribution is 9.11. The second-order valence-electron chi connectivity index (χ2n) is 5.09. The topological polar surface area (TPSA) is 79.4 Å². The van der Waals surface area contributed by atoms with Gasteiger partial charge in [-0.2, -0.15) is 5.10 Å². The van der Waals surface area contributed by atoms with Gasteiger partial charge in [0.25, 0.3) is 5.56 Å². The van der Waals surface area contributed by atoms with Gasteiger partial charge in [-0.05, 0) is 70.3 Å². The second-order valence-corrected chi connectivity index (χ2v) is 6.79. The van der Waals surface area contributed by atoms with Gasteiger partial charge in [-0.25, -0.2) is 10.4 Å². The van der Waals surface area contributed by atoms with Gasteiger partial charge in [-0.1, -0.05) is 0 Å².